The summed E-state index contributed by atoms with van der Waals surface area (Å²) in [5.74, 6) is 1.81. The molecule has 1 aromatic rings. The number of hydrogen-bond acceptors (Lipinski definition) is 4. The van der Waals surface area contributed by atoms with Crippen LogP contribution < -0.4 is 14.8 Å². The average Bonchev–Trinajstić information content (AvgIpc) is 2.55. The summed E-state index contributed by atoms with van der Waals surface area (Å²) < 4.78 is 10.5. The van der Waals surface area contributed by atoms with Crippen LogP contribution in [0.15, 0.2) is 18.2 Å². The second-order valence-electron chi connectivity index (χ2n) is 5.79. The summed E-state index contributed by atoms with van der Waals surface area (Å²) in [5, 5.41) is 3.18. The molecule has 3 aliphatic heterocycles. The monoisotopic (exact) mass is 290 g/mol. The maximum Gasteiger partial charge on any atom is 0.251 e. The zero-order chi connectivity index (χ0) is 14.8. The largest absolute Gasteiger partial charge is 0.493 e. The summed E-state index contributed by atoms with van der Waals surface area (Å²) in [7, 11) is 3.16. The van der Waals surface area contributed by atoms with Crippen molar-refractivity contribution in [3.63, 3.8) is 0 Å². The molecule has 1 N–H and O–H groups in total. The minimum atomic E-state index is -0.0327. The molecule has 1 amide bonds. The Kier molecular flexibility index (Phi) is 4.01. The molecule has 0 aromatic heterocycles. The molecular weight excluding hydrogens is 268 g/mol. The number of amides is 1. The number of nitrogens with zero attached hydrogens (tertiary/aromatic N) is 1. The second-order valence-corrected chi connectivity index (χ2v) is 5.79. The van der Waals surface area contributed by atoms with Crippen molar-refractivity contribution in [2.45, 2.75) is 18.9 Å². The van der Waals surface area contributed by atoms with Crippen molar-refractivity contribution >= 4 is 5.91 Å². The first-order valence-electron chi connectivity index (χ1n) is 7.46. The molecule has 5 heteroatoms. The lowest BCUT2D eigenvalue weighted by Crippen LogP contribution is -2.57. The van der Waals surface area contributed by atoms with Crippen LogP contribution in [0, 0.1) is 5.92 Å². The van der Waals surface area contributed by atoms with Crippen molar-refractivity contribution in [1.82, 2.24) is 10.2 Å². The second kappa shape index (κ2) is 5.93. The molecule has 3 aliphatic rings. The van der Waals surface area contributed by atoms with Gasteiger partial charge < -0.3 is 19.7 Å². The van der Waals surface area contributed by atoms with Crippen LogP contribution in [-0.2, 0) is 0 Å². The normalized spacial score (nSPS) is 27.2. The number of hydrogen-bond donors (Lipinski definition) is 1. The van der Waals surface area contributed by atoms with Gasteiger partial charge in [-0.05, 0) is 50.0 Å². The van der Waals surface area contributed by atoms with E-state index in [2.05, 4.69) is 10.2 Å². The number of ether oxygens (including phenoxy) is 2. The van der Waals surface area contributed by atoms with Crippen LogP contribution in [0.2, 0.25) is 0 Å². The Hall–Kier alpha value is -1.75. The molecule has 0 spiro atoms. The molecule has 2 bridgehead atoms. The number of piperidine rings is 3. The Morgan fingerprint density at radius 2 is 1.90 bits per heavy atom. The minimum absolute atomic E-state index is 0.0327. The quantitative estimate of drug-likeness (QED) is 0.913. The van der Waals surface area contributed by atoms with E-state index in [1.54, 1.807) is 32.4 Å². The zero-order valence-electron chi connectivity index (χ0n) is 12.6. The van der Waals surface area contributed by atoms with Crippen LogP contribution in [0.25, 0.3) is 0 Å². The number of carbonyl (C=O) groups is 1. The van der Waals surface area contributed by atoms with Crippen molar-refractivity contribution in [3.8, 4) is 11.5 Å². The summed E-state index contributed by atoms with van der Waals surface area (Å²) in [6.07, 6.45) is 2.38. The smallest absolute Gasteiger partial charge is 0.251 e. The molecule has 1 unspecified atom stereocenters. The molecule has 1 aromatic carbocycles. The predicted molar refractivity (Wildman–Crippen MR) is 80.0 cm³/mol. The Morgan fingerprint density at radius 3 is 2.48 bits per heavy atom. The van der Waals surface area contributed by atoms with Crippen LogP contribution in [0.4, 0.5) is 0 Å². The summed E-state index contributed by atoms with van der Waals surface area (Å²) in [4.78, 5) is 14.9. The molecule has 0 aliphatic carbocycles. The van der Waals surface area contributed by atoms with Crippen LogP contribution in [0.5, 0.6) is 11.5 Å². The van der Waals surface area contributed by atoms with E-state index in [-0.39, 0.29) is 11.9 Å². The fourth-order valence-corrected chi connectivity index (χ4v) is 3.36. The molecule has 3 saturated heterocycles. The van der Waals surface area contributed by atoms with Crippen molar-refractivity contribution in [3.05, 3.63) is 23.8 Å². The average molecular weight is 290 g/mol. The molecule has 0 saturated carbocycles. The maximum absolute atomic E-state index is 12.4. The highest BCUT2D eigenvalue weighted by Gasteiger charge is 2.34. The van der Waals surface area contributed by atoms with E-state index in [0.717, 1.165) is 6.54 Å². The zero-order valence-corrected chi connectivity index (χ0v) is 12.6. The van der Waals surface area contributed by atoms with Crippen molar-refractivity contribution in [2.24, 2.45) is 5.92 Å². The van der Waals surface area contributed by atoms with Crippen LogP contribution >= 0.6 is 0 Å². The number of rotatable bonds is 4. The first-order valence-corrected chi connectivity index (χ1v) is 7.46. The number of benzene rings is 1. The van der Waals surface area contributed by atoms with Gasteiger partial charge in [0.15, 0.2) is 11.5 Å². The number of nitrogens with one attached hydrogen (secondary N) is 1. The fourth-order valence-electron chi connectivity index (χ4n) is 3.36. The van der Waals surface area contributed by atoms with Gasteiger partial charge in [-0.3, -0.25) is 4.79 Å². The minimum Gasteiger partial charge on any atom is -0.493 e. The van der Waals surface area contributed by atoms with Gasteiger partial charge in [-0.15, -0.1) is 0 Å². The van der Waals surface area contributed by atoms with Gasteiger partial charge in [0.25, 0.3) is 5.91 Å². The van der Waals surface area contributed by atoms with E-state index >= 15 is 0 Å². The number of fused-ring (bicyclic) bond motifs is 3. The van der Waals surface area contributed by atoms with E-state index in [4.69, 9.17) is 9.47 Å². The Labute approximate surface area is 125 Å². The Balaban J connectivity index is 1.70. The van der Waals surface area contributed by atoms with Gasteiger partial charge in [0.05, 0.1) is 14.2 Å². The van der Waals surface area contributed by atoms with E-state index in [1.165, 1.54) is 25.9 Å². The summed E-state index contributed by atoms with van der Waals surface area (Å²) in [5.41, 5.74) is 0.615. The summed E-state index contributed by atoms with van der Waals surface area (Å²) in [6.45, 7) is 3.32. The van der Waals surface area contributed by atoms with Crippen LogP contribution in [-0.4, -0.2) is 50.7 Å². The lowest BCUT2D eigenvalue weighted by atomic mass is 9.84. The Morgan fingerprint density at radius 1 is 1.19 bits per heavy atom. The maximum atomic E-state index is 12.4. The third-order valence-electron chi connectivity index (χ3n) is 4.62. The molecule has 5 nitrogen and oxygen atoms in total. The molecular formula is C16H22N2O3. The van der Waals surface area contributed by atoms with E-state index in [9.17, 15) is 4.79 Å². The van der Waals surface area contributed by atoms with Gasteiger partial charge in [-0.2, -0.15) is 0 Å². The third-order valence-corrected chi connectivity index (χ3v) is 4.62. The molecule has 114 valence electrons. The number of methoxy groups -OCH3 is 2. The SMILES string of the molecule is COc1ccc(C(=O)NC2CN3CCC2CC3)cc1OC. The first-order chi connectivity index (χ1) is 10.2. The molecule has 4 rings (SSSR count). The highest BCUT2D eigenvalue weighted by atomic mass is 16.5. The molecule has 21 heavy (non-hydrogen) atoms. The standard InChI is InChI=1S/C16H22N2O3/c1-20-14-4-3-12(9-15(14)21-2)16(19)17-13-10-18-7-5-11(13)6-8-18/h3-4,9,11,13H,5-8,10H2,1-2H3,(H,17,19). The molecule has 3 heterocycles. The third kappa shape index (κ3) is 2.83. The lowest BCUT2D eigenvalue weighted by molar-refractivity contribution is 0.0620. The van der Waals surface area contributed by atoms with E-state index in [1.807, 2.05) is 0 Å². The highest BCUT2D eigenvalue weighted by molar-refractivity contribution is 5.95. The predicted octanol–water partition coefficient (Wildman–Crippen LogP) is 1.53. The summed E-state index contributed by atoms with van der Waals surface area (Å²) in [6, 6.07) is 5.55. The van der Waals surface area contributed by atoms with E-state index < -0.39 is 0 Å². The molecule has 1 atom stereocenters. The van der Waals surface area contributed by atoms with Gasteiger partial charge in [-0.25, -0.2) is 0 Å². The lowest BCUT2D eigenvalue weighted by Gasteiger charge is -2.44. The van der Waals surface area contributed by atoms with Gasteiger partial charge >= 0.3 is 0 Å². The van der Waals surface area contributed by atoms with Gasteiger partial charge in [0.1, 0.15) is 0 Å². The van der Waals surface area contributed by atoms with Crippen LogP contribution in [0.1, 0.15) is 23.2 Å². The molecule has 0 radical (unpaired) electrons. The van der Waals surface area contributed by atoms with Crippen molar-refractivity contribution in [1.29, 1.82) is 0 Å². The molecule has 3 fully saturated rings. The van der Waals surface area contributed by atoms with Gasteiger partial charge in [0, 0.05) is 18.2 Å². The topological polar surface area (TPSA) is 50.8 Å². The Bertz CT molecular complexity index is 524. The van der Waals surface area contributed by atoms with Gasteiger partial charge in [0.2, 0.25) is 0 Å². The van der Waals surface area contributed by atoms with Crippen LogP contribution in [0.3, 0.4) is 0 Å². The van der Waals surface area contributed by atoms with Gasteiger partial charge in [-0.1, -0.05) is 0 Å². The fraction of sp³-hybridized carbons (Fsp3) is 0.562. The number of carbonyl (C=O) groups excluding carboxylic acids is 1. The summed E-state index contributed by atoms with van der Waals surface area (Å²) >= 11 is 0. The van der Waals surface area contributed by atoms with Crippen molar-refractivity contribution in [2.75, 3.05) is 33.9 Å². The highest BCUT2D eigenvalue weighted by Crippen LogP contribution is 2.29. The van der Waals surface area contributed by atoms with Crippen molar-refractivity contribution < 1.29 is 14.3 Å². The van der Waals surface area contributed by atoms with E-state index in [0.29, 0.717) is 23.0 Å². The first kappa shape index (κ1) is 14.2.